The van der Waals surface area contributed by atoms with Crippen molar-refractivity contribution in [3.8, 4) is 5.75 Å². The molecule has 0 radical (unpaired) electrons. The summed E-state index contributed by atoms with van der Waals surface area (Å²) in [6.45, 7) is 0. The third-order valence-corrected chi connectivity index (χ3v) is 4.94. The quantitative estimate of drug-likeness (QED) is 0.605. The van der Waals surface area contributed by atoms with Crippen LogP contribution < -0.4 is 4.74 Å². The summed E-state index contributed by atoms with van der Waals surface area (Å²) in [6, 6.07) is 15.7. The SMILES string of the molecule is COc1ccc(Br)cc1CC(=O)c1cc2ccccc2s1. The number of hydrogen-bond acceptors (Lipinski definition) is 3. The van der Waals surface area contributed by atoms with Gasteiger partial charge in [0.25, 0.3) is 0 Å². The number of ketones is 1. The smallest absolute Gasteiger partial charge is 0.177 e. The van der Waals surface area contributed by atoms with E-state index in [0.29, 0.717) is 6.42 Å². The lowest BCUT2D eigenvalue weighted by Crippen LogP contribution is -2.03. The van der Waals surface area contributed by atoms with E-state index in [2.05, 4.69) is 15.9 Å². The maximum atomic E-state index is 12.5. The Balaban J connectivity index is 1.91. The average molecular weight is 361 g/mol. The first-order valence-electron chi connectivity index (χ1n) is 6.51. The van der Waals surface area contributed by atoms with Gasteiger partial charge in [0.1, 0.15) is 5.75 Å². The van der Waals surface area contributed by atoms with E-state index in [9.17, 15) is 4.79 Å². The Morgan fingerprint density at radius 2 is 2.00 bits per heavy atom. The highest BCUT2D eigenvalue weighted by Gasteiger charge is 2.14. The van der Waals surface area contributed by atoms with Gasteiger partial charge in [0.2, 0.25) is 0 Å². The number of hydrogen-bond donors (Lipinski definition) is 0. The summed E-state index contributed by atoms with van der Waals surface area (Å²) in [4.78, 5) is 13.3. The average Bonchev–Trinajstić information content (AvgIpc) is 2.91. The second-order valence-electron chi connectivity index (χ2n) is 4.70. The summed E-state index contributed by atoms with van der Waals surface area (Å²) in [6.07, 6.45) is 0.343. The maximum Gasteiger partial charge on any atom is 0.177 e. The molecule has 3 rings (SSSR count). The standard InChI is InChI=1S/C17H13BrO2S/c1-20-15-7-6-13(18)8-12(15)9-14(19)17-10-11-4-2-3-5-16(11)21-17/h2-8,10H,9H2,1H3. The minimum Gasteiger partial charge on any atom is -0.496 e. The molecular weight excluding hydrogens is 348 g/mol. The number of fused-ring (bicyclic) bond motifs is 1. The lowest BCUT2D eigenvalue weighted by molar-refractivity contribution is 0.0996. The number of Topliss-reactive ketones (excluding diaryl/α,β-unsaturated/α-hetero) is 1. The minimum atomic E-state index is 0.118. The van der Waals surface area contributed by atoms with Gasteiger partial charge < -0.3 is 4.74 Å². The molecule has 0 N–H and O–H groups in total. The van der Waals surface area contributed by atoms with Crippen LogP contribution in [0.2, 0.25) is 0 Å². The molecule has 0 saturated carbocycles. The molecular formula is C17H13BrO2S. The fourth-order valence-electron chi connectivity index (χ4n) is 2.26. The van der Waals surface area contributed by atoms with E-state index in [1.54, 1.807) is 18.4 Å². The molecule has 0 saturated heterocycles. The molecule has 0 bridgehead atoms. The highest BCUT2D eigenvalue weighted by Crippen LogP contribution is 2.28. The van der Waals surface area contributed by atoms with Gasteiger partial charge in [-0.1, -0.05) is 34.1 Å². The van der Waals surface area contributed by atoms with E-state index in [1.165, 1.54) is 0 Å². The molecule has 1 aromatic heterocycles. The Bertz CT molecular complexity index is 774. The first kappa shape index (κ1) is 14.3. The van der Waals surface area contributed by atoms with E-state index in [4.69, 9.17) is 4.74 Å². The van der Waals surface area contributed by atoms with Gasteiger partial charge in [0.15, 0.2) is 5.78 Å². The number of ether oxygens (including phenoxy) is 1. The van der Waals surface area contributed by atoms with Crippen molar-refractivity contribution in [2.45, 2.75) is 6.42 Å². The third kappa shape index (κ3) is 3.01. The lowest BCUT2D eigenvalue weighted by Gasteiger charge is -2.07. The zero-order chi connectivity index (χ0) is 14.8. The van der Waals surface area contributed by atoms with Gasteiger partial charge >= 0.3 is 0 Å². The van der Waals surface area contributed by atoms with E-state index < -0.39 is 0 Å². The van der Waals surface area contributed by atoms with Crippen molar-refractivity contribution in [1.29, 1.82) is 0 Å². The van der Waals surface area contributed by atoms with Gasteiger partial charge in [-0.15, -0.1) is 11.3 Å². The summed E-state index contributed by atoms with van der Waals surface area (Å²) in [7, 11) is 1.62. The Morgan fingerprint density at radius 3 is 2.76 bits per heavy atom. The fraction of sp³-hybridized carbons (Fsp3) is 0.118. The topological polar surface area (TPSA) is 26.3 Å². The second-order valence-corrected chi connectivity index (χ2v) is 6.70. The number of carbonyl (C=O) groups excluding carboxylic acids is 1. The summed E-state index contributed by atoms with van der Waals surface area (Å²) >= 11 is 4.98. The van der Waals surface area contributed by atoms with Crippen molar-refractivity contribution < 1.29 is 9.53 Å². The molecule has 0 fully saturated rings. The zero-order valence-corrected chi connectivity index (χ0v) is 13.8. The van der Waals surface area contributed by atoms with Crippen LogP contribution >= 0.6 is 27.3 Å². The van der Waals surface area contributed by atoms with Crippen molar-refractivity contribution in [3.05, 3.63) is 63.4 Å². The predicted octanol–water partition coefficient (Wildman–Crippen LogP) is 5.10. The Morgan fingerprint density at radius 1 is 1.19 bits per heavy atom. The Labute approximate surface area is 135 Å². The monoisotopic (exact) mass is 360 g/mol. The molecule has 106 valence electrons. The van der Waals surface area contributed by atoms with Crippen molar-refractivity contribution in [2.75, 3.05) is 7.11 Å². The number of halogens is 1. The maximum absolute atomic E-state index is 12.5. The van der Waals surface area contributed by atoms with Crippen LogP contribution in [0.1, 0.15) is 15.2 Å². The van der Waals surface area contributed by atoms with Crippen LogP contribution in [0.4, 0.5) is 0 Å². The highest BCUT2D eigenvalue weighted by atomic mass is 79.9. The molecule has 3 aromatic rings. The van der Waals surface area contributed by atoms with Gasteiger partial charge in [-0.25, -0.2) is 0 Å². The van der Waals surface area contributed by atoms with Gasteiger partial charge in [-0.05, 0) is 35.7 Å². The molecule has 0 aliphatic heterocycles. The molecule has 4 heteroatoms. The summed E-state index contributed by atoms with van der Waals surface area (Å²) in [5.41, 5.74) is 0.898. The molecule has 0 spiro atoms. The van der Waals surface area contributed by atoms with Crippen molar-refractivity contribution in [1.82, 2.24) is 0 Å². The highest BCUT2D eigenvalue weighted by molar-refractivity contribution is 9.10. The van der Waals surface area contributed by atoms with Gasteiger partial charge in [0.05, 0.1) is 12.0 Å². The van der Waals surface area contributed by atoms with Crippen LogP contribution in [-0.2, 0) is 6.42 Å². The largest absolute Gasteiger partial charge is 0.496 e. The molecule has 1 heterocycles. The third-order valence-electron chi connectivity index (χ3n) is 3.29. The van der Waals surface area contributed by atoms with E-state index >= 15 is 0 Å². The normalized spacial score (nSPS) is 10.8. The van der Waals surface area contributed by atoms with Crippen molar-refractivity contribution in [3.63, 3.8) is 0 Å². The fourth-order valence-corrected chi connectivity index (χ4v) is 3.67. The number of benzene rings is 2. The zero-order valence-electron chi connectivity index (χ0n) is 11.4. The van der Waals surface area contributed by atoms with E-state index in [0.717, 1.165) is 30.7 Å². The van der Waals surface area contributed by atoms with Crippen LogP contribution in [0.5, 0.6) is 5.75 Å². The van der Waals surface area contributed by atoms with E-state index in [-0.39, 0.29) is 5.78 Å². The van der Waals surface area contributed by atoms with Gasteiger partial charge in [0, 0.05) is 21.2 Å². The lowest BCUT2D eigenvalue weighted by atomic mass is 10.1. The van der Waals surface area contributed by atoms with Gasteiger partial charge in [-0.2, -0.15) is 0 Å². The number of carbonyl (C=O) groups is 1. The summed E-state index contributed by atoms with van der Waals surface area (Å²) in [5.74, 6) is 0.861. The number of methoxy groups -OCH3 is 1. The molecule has 2 nitrogen and oxygen atoms in total. The van der Waals surface area contributed by atoms with Crippen LogP contribution in [0, 0.1) is 0 Å². The predicted molar refractivity (Wildman–Crippen MR) is 90.6 cm³/mol. The molecule has 21 heavy (non-hydrogen) atoms. The van der Waals surface area contributed by atoms with Crippen LogP contribution in [-0.4, -0.2) is 12.9 Å². The summed E-state index contributed by atoms with van der Waals surface area (Å²) in [5, 5.41) is 1.12. The Kier molecular flexibility index (Phi) is 4.08. The Hall–Kier alpha value is -1.65. The molecule has 0 amide bonds. The van der Waals surface area contributed by atoms with Crippen molar-refractivity contribution in [2.24, 2.45) is 0 Å². The second kappa shape index (κ2) is 6.00. The first-order valence-corrected chi connectivity index (χ1v) is 8.12. The number of rotatable bonds is 4. The van der Waals surface area contributed by atoms with Gasteiger partial charge in [-0.3, -0.25) is 4.79 Å². The minimum absolute atomic E-state index is 0.118. The molecule has 0 atom stereocenters. The first-order chi connectivity index (χ1) is 10.2. The van der Waals surface area contributed by atoms with Crippen LogP contribution in [0.15, 0.2) is 53.0 Å². The van der Waals surface area contributed by atoms with E-state index in [1.807, 2.05) is 48.5 Å². The molecule has 0 aliphatic rings. The summed E-state index contributed by atoms with van der Waals surface area (Å²) < 4.78 is 7.41. The molecule has 0 unspecified atom stereocenters. The van der Waals surface area contributed by atoms with Crippen LogP contribution in [0.25, 0.3) is 10.1 Å². The molecule has 2 aromatic carbocycles. The van der Waals surface area contributed by atoms with Crippen molar-refractivity contribution >= 4 is 43.1 Å². The van der Waals surface area contributed by atoms with Crippen LogP contribution in [0.3, 0.4) is 0 Å². The molecule has 0 aliphatic carbocycles. The number of thiophene rings is 1.